The number of Topliss-reactive ketones (excluding diaryl/α,β-unsaturated/α-hetero) is 1. The predicted octanol–water partition coefficient (Wildman–Crippen LogP) is -2.61. The molecule has 1 atom stereocenters. The van der Waals surface area contributed by atoms with Gasteiger partial charge in [0.05, 0.1) is 0 Å². The molecule has 11 heavy (non-hydrogen) atoms. The van der Waals surface area contributed by atoms with E-state index in [-0.39, 0.29) is 0 Å². The number of imide groups is 1. The normalized spacial score (nSPS) is 24.6. The topological polar surface area (TPSA) is 92.5 Å². The maximum atomic E-state index is 10.8. The second kappa shape index (κ2) is 2.40. The summed E-state index contributed by atoms with van der Waals surface area (Å²) in [6.07, 6.45) is 0. The van der Waals surface area contributed by atoms with Crippen LogP contribution >= 0.6 is 0 Å². The molecule has 0 aromatic rings. The number of hydrogen-bond acceptors (Lipinski definition) is 5. The molecular weight excluding hydrogens is 150 g/mol. The minimum atomic E-state index is -1.15. The summed E-state index contributed by atoms with van der Waals surface area (Å²) >= 11 is 0. The molecule has 1 saturated heterocycles. The number of hydrazine groups is 1. The monoisotopic (exact) mass is 157 g/mol. The van der Waals surface area contributed by atoms with E-state index in [1.807, 2.05) is 5.32 Å². The summed E-state index contributed by atoms with van der Waals surface area (Å²) in [5, 5.41) is 2.75. The fourth-order valence-corrected chi connectivity index (χ4v) is 0.855. The van der Waals surface area contributed by atoms with Gasteiger partial charge < -0.3 is 0 Å². The fraction of sp³-hybridized carbons (Fsp3) is 0.400. The van der Waals surface area contributed by atoms with Gasteiger partial charge in [-0.25, -0.2) is 5.01 Å². The molecule has 6 heteroatoms. The van der Waals surface area contributed by atoms with Crippen LogP contribution in [0.1, 0.15) is 0 Å². The Hall–Kier alpha value is -1.27. The van der Waals surface area contributed by atoms with Crippen molar-refractivity contribution in [3.8, 4) is 0 Å². The lowest BCUT2D eigenvalue weighted by Crippen LogP contribution is -2.45. The number of hydrogen-bond donors (Lipinski definition) is 2. The second-order valence-corrected chi connectivity index (χ2v) is 2.25. The summed E-state index contributed by atoms with van der Waals surface area (Å²) in [6.45, 7) is 0. The summed E-state index contributed by atoms with van der Waals surface area (Å²) in [5.74, 6) is 2.78. The van der Waals surface area contributed by atoms with E-state index < -0.39 is 23.6 Å². The maximum absolute atomic E-state index is 10.8. The average Bonchev–Trinajstić information content (AvgIpc) is 2.07. The number of likely N-dealkylation sites (N-methyl/N-ethyl adjacent to an activating group) is 1. The zero-order valence-corrected chi connectivity index (χ0v) is 5.83. The Morgan fingerprint density at radius 2 is 2.00 bits per heavy atom. The third-order valence-electron chi connectivity index (χ3n) is 1.36. The van der Waals surface area contributed by atoms with Crippen molar-refractivity contribution in [3.63, 3.8) is 0 Å². The van der Waals surface area contributed by atoms with Crippen LogP contribution in [0.25, 0.3) is 0 Å². The van der Waals surface area contributed by atoms with Crippen LogP contribution in [0, 0.1) is 0 Å². The highest BCUT2D eigenvalue weighted by Gasteiger charge is 2.41. The molecule has 6 nitrogen and oxygen atoms in total. The van der Waals surface area contributed by atoms with E-state index in [2.05, 4.69) is 0 Å². The minimum absolute atomic E-state index is 0.662. The van der Waals surface area contributed by atoms with E-state index in [0.717, 1.165) is 5.01 Å². The van der Waals surface area contributed by atoms with Gasteiger partial charge in [-0.3, -0.25) is 25.5 Å². The Labute approximate surface area is 62.3 Å². The number of nitrogens with one attached hydrogen (secondary N) is 1. The molecule has 1 aliphatic rings. The number of carbonyl (C=O) groups excluding carboxylic acids is 3. The zero-order chi connectivity index (χ0) is 8.59. The standard InChI is InChI=1S/C5H7N3O3/c1-8(6)2-3(9)5(11)7-4(2)10/h2H,6H2,1H3,(H,7,10,11). The number of carbonyl (C=O) groups is 3. The molecule has 1 heterocycles. The molecule has 3 N–H and O–H groups in total. The smallest absolute Gasteiger partial charge is 0.288 e. The molecule has 0 aromatic carbocycles. The summed E-state index contributed by atoms with van der Waals surface area (Å²) < 4.78 is 0. The largest absolute Gasteiger partial charge is 0.296 e. The number of rotatable bonds is 1. The first-order valence-electron chi connectivity index (χ1n) is 2.90. The van der Waals surface area contributed by atoms with Gasteiger partial charge in [-0.05, 0) is 0 Å². The minimum Gasteiger partial charge on any atom is -0.288 e. The van der Waals surface area contributed by atoms with Crippen LogP contribution in [0.3, 0.4) is 0 Å². The van der Waals surface area contributed by atoms with Crippen molar-refractivity contribution in [1.29, 1.82) is 0 Å². The second-order valence-electron chi connectivity index (χ2n) is 2.25. The van der Waals surface area contributed by atoms with Crippen LogP contribution in [-0.4, -0.2) is 35.7 Å². The fourth-order valence-electron chi connectivity index (χ4n) is 0.855. The van der Waals surface area contributed by atoms with Crippen molar-refractivity contribution >= 4 is 17.6 Å². The molecule has 0 spiro atoms. The summed E-state index contributed by atoms with van der Waals surface area (Å²) in [6, 6.07) is -1.15. The highest BCUT2D eigenvalue weighted by atomic mass is 16.2. The maximum Gasteiger partial charge on any atom is 0.296 e. The lowest BCUT2D eigenvalue weighted by atomic mass is 10.2. The third-order valence-corrected chi connectivity index (χ3v) is 1.36. The van der Waals surface area contributed by atoms with Gasteiger partial charge in [0.15, 0.2) is 6.04 Å². The number of nitrogens with two attached hydrogens (primary N) is 1. The Bertz CT molecular complexity index is 235. The van der Waals surface area contributed by atoms with Crippen molar-refractivity contribution in [1.82, 2.24) is 10.3 Å². The highest BCUT2D eigenvalue weighted by Crippen LogP contribution is 2.00. The van der Waals surface area contributed by atoms with Gasteiger partial charge in [-0.1, -0.05) is 0 Å². The molecule has 0 saturated carbocycles. The van der Waals surface area contributed by atoms with Gasteiger partial charge >= 0.3 is 0 Å². The third kappa shape index (κ3) is 1.13. The molecular formula is C5H7N3O3. The van der Waals surface area contributed by atoms with E-state index >= 15 is 0 Å². The number of nitrogens with zero attached hydrogens (tertiary/aromatic N) is 1. The van der Waals surface area contributed by atoms with E-state index in [0.29, 0.717) is 0 Å². The average molecular weight is 157 g/mol. The summed E-state index contributed by atoms with van der Waals surface area (Å²) in [4.78, 5) is 32.1. The molecule has 0 aliphatic carbocycles. The van der Waals surface area contributed by atoms with Gasteiger partial charge in [-0.2, -0.15) is 0 Å². The Balaban J connectivity index is 2.88. The molecule has 60 valence electrons. The summed E-state index contributed by atoms with van der Waals surface area (Å²) in [5.41, 5.74) is 0. The predicted molar refractivity (Wildman–Crippen MR) is 33.9 cm³/mol. The lowest BCUT2D eigenvalue weighted by molar-refractivity contribution is -0.137. The molecule has 0 radical (unpaired) electrons. The molecule has 0 bridgehead atoms. The quantitative estimate of drug-likeness (QED) is 0.143. The van der Waals surface area contributed by atoms with Gasteiger partial charge in [0.2, 0.25) is 5.78 Å². The van der Waals surface area contributed by atoms with Crippen LogP contribution < -0.4 is 11.2 Å². The SMILES string of the molecule is CN(N)C1C(=O)NC(=O)C1=O. The summed E-state index contributed by atoms with van der Waals surface area (Å²) in [7, 11) is 1.35. The molecule has 0 aromatic heterocycles. The molecule has 2 amide bonds. The van der Waals surface area contributed by atoms with Crippen LogP contribution in [0.4, 0.5) is 0 Å². The van der Waals surface area contributed by atoms with Crippen LogP contribution in [0.2, 0.25) is 0 Å². The Kier molecular flexibility index (Phi) is 1.71. The van der Waals surface area contributed by atoms with Gasteiger partial charge in [0.25, 0.3) is 11.8 Å². The Morgan fingerprint density at radius 1 is 1.45 bits per heavy atom. The number of amides is 2. The van der Waals surface area contributed by atoms with E-state index in [4.69, 9.17) is 5.84 Å². The highest BCUT2D eigenvalue weighted by molar-refractivity contribution is 6.49. The van der Waals surface area contributed by atoms with Crippen LogP contribution in [-0.2, 0) is 14.4 Å². The molecule has 1 aliphatic heterocycles. The number of ketones is 1. The molecule has 1 unspecified atom stereocenters. The zero-order valence-electron chi connectivity index (χ0n) is 5.83. The van der Waals surface area contributed by atoms with Gasteiger partial charge in [0, 0.05) is 7.05 Å². The van der Waals surface area contributed by atoms with Gasteiger partial charge in [0.1, 0.15) is 0 Å². The molecule has 1 fully saturated rings. The van der Waals surface area contributed by atoms with Crippen molar-refractivity contribution in [2.75, 3.05) is 7.05 Å². The van der Waals surface area contributed by atoms with Crippen molar-refractivity contribution in [2.45, 2.75) is 6.04 Å². The lowest BCUT2D eigenvalue weighted by Gasteiger charge is -2.11. The molecule has 1 rings (SSSR count). The van der Waals surface area contributed by atoms with Crippen molar-refractivity contribution in [2.24, 2.45) is 5.84 Å². The van der Waals surface area contributed by atoms with Crippen LogP contribution in [0.5, 0.6) is 0 Å². The van der Waals surface area contributed by atoms with Crippen LogP contribution in [0.15, 0.2) is 0 Å². The van der Waals surface area contributed by atoms with Crippen molar-refractivity contribution in [3.05, 3.63) is 0 Å². The van der Waals surface area contributed by atoms with E-state index in [9.17, 15) is 14.4 Å². The first kappa shape index (κ1) is 7.83. The van der Waals surface area contributed by atoms with Gasteiger partial charge in [-0.15, -0.1) is 0 Å². The first-order chi connectivity index (χ1) is 5.04. The Morgan fingerprint density at radius 3 is 2.18 bits per heavy atom. The van der Waals surface area contributed by atoms with Crippen molar-refractivity contribution < 1.29 is 14.4 Å². The van der Waals surface area contributed by atoms with E-state index in [1.165, 1.54) is 7.05 Å². The van der Waals surface area contributed by atoms with E-state index in [1.54, 1.807) is 0 Å². The first-order valence-corrected chi connectivity index (χ1v) is 2.90.